The van der Waals surface area contributed by atoms with Crippen molar-refractivity contribution in [3.63, 3.8) is 0 Å². The molecule has 0 amide bonds. The Balaban J connectivity index is 1.65. The lowest BCUT2D eigenvalue weighted by Crippen LogP contribution is -2.13. The maximum absolute atomic E-state index is 14.1. The monoisotopic (exact) mass is 500 g/mol. The van der Waals surface area contributed by atoms with Crippen molar-refractivity contribution in [1.29, 1.82) is 0 Å². The van der Waals surface area contributed by atoms with Gasteiger partial charge in [-0.1, -0.05) is 84.5 Å². The molecule has 0 aliphatic carbocycles. The molecule has 0 saturated carbocycles. The van der Waals surface area contributed by atoms with Gasteiger partial charge in [-0.2, -0.15) is 0 Å². The molecule has 0 aliphatic heterocycles. The molecule has 0 spiro atoms. The van der Waals surface area contributed by atoms with Crippen LogP contribution in [0.2, 0.25) is 0 Å². The van der Waals surface area contributed by atoms with Crippen LogP contribution in [-0.4, -0.2) is 25.4 Å². The Bertz CT molecular complexity index is 819. The minimum absolute atomic E-state index is 0.0338. The summed E-state index contributed by atoms with van der Waals surface area (Å²) in [6.07, 6.45) is 13.8. The molecule has 2 aromatic carbocycles. The molecule has 0 N–H and O–H groups in total. The number of carbonyl (C=O) groups is 1. The van der Waals surface area contributed by atoms with Crippen LogP contribution >= 0.6 is 0 Å². The number of carbonyl (C=O) groups excluding carboxylic acids is 1. The Morgan fingerprint density at radius 1 is 0.667 bits per heavy atom. The standard InChI is InChI=1S/C31H45FO4/c1-3-5-7-9-11-13-15-27(32)25-35-29-18-16-26(17-19-29)31(33)36-30-22-20-28(21-23-30)34-24-14-12-10-8-6-4-2/h16-23,27H,3-15,24-25H2,1-2H3. The molecule has 200 valence electrons. The van der Waals surface area contributed by atoms with Crippen LogP contribution in [0.5, 0.6) is 17.2 Å². The molecule has 1 atom stereocenters. The van der Waals surface area contributed by atoms with E-state index in [1.165, 1.54) is 57.8 Å². The van der Waals surface area contributed by atoms with Crippen molar-refractivity contribution in [2.24, 2.45) is 0 Å². The highest BCUT2D eigenvalue weighted by Crippen LogP contribution is 2.21. The highest BCUT2D eigenvalue weighted by Gasteiger charge is 2.11. The summed E-state index contributed by atoms with van der Waals surface area (Å²) in [4.78, 5) is 12.5. The molecule has 4 nitrogen and oxygen atoms in total. The van der Waals surface area contributed by atoms with Crippen LogP contribution in [0.15, 0.2) is 48.5 Å². The molecule has 0 aromatic heterocycles. The van der Waals surface area contributed by atoms with E-state index in [1.54, 1.807) is 36.4 Å². The largest absolute Gasteiger partial charge is 0.494 e. The van der Waals surface area contributed by atoms with Crippen molar-refractivity contribution in [2.75, 3.05) is 13.2 Å². The van der Waals surface area contributed by atoms with E-state index < -0.39 is 12.1 Å². The number of alkyl halides is 1. The van der Waals surface area contributed by atoms with Gasteiger partial charge in [-0.05, 0) is 61.4 Å². The Labute approximate surface area is 217 Å². The average molecular weight is 501 g/mol. The van der Waals surface area contributed by atoms with Crippen LogP contribution in [0.25, 0.3) is 0 Å². The van der Waals surface area contributed by atoms with Gasteiger partial charge in [0.2, 0.25) is 0 Å². The van der Waals surface area contributed by atoms with Gasteiger partial charge < -0.3 is 14.2 Å². The number of rotatable bonds is 20. The van der Waals surface area contributed by atoms with Crippen molar-refractivity contribution in [2.45, 2.75) is 103 Å². The Hall–Kier alpha value is -2.56. The Morgan fingerprint density at radius 2 is 1.17 bits per heavy atom. The molecule has 1 unspecified atom stereocenters. The summed E-state index contributed by atoms with van der Waals surface area (Å²) in [6, 6.07) is 13.7. The van der Waals surface area contributed by atoms with Crippen LogP contribution in [0.4, 0.5) is 4.39 Å². The molecule has 2 aromatic rings. The fraction of sp³-hybridized carbons (Fsp3) is 0.581. The van der Waals surface area contributed by atoms with Crippen molar-refractivity contribution in [3.8, 4) is 17.2 Å². The van der Waals surface area contributed by atoms with E-state index in [1.807, 2.05) is 12.1 Å². The second kappa shape index (κ2) is 18.7. The van der Waals surface area contributed by atoms with Crippen molar-refractivity contribution in [1.82, 2.24) is 0 Å². The van der Waals surface area contributed by atoms with Gasteiger partial charge in [-0.3, -0.25) is 0 Å². The summed E-state index contributed by atoms with van der Waals surface area (Å²) in [6.45, 7) is 5.14. The molecule has 0 bridgehead atoms. The number of halogens is 1. The van der Waals surface area contributed by atoms with E-state index in [0.717, 1.165) is 25.0 Å². The third-order valence-corrected chi connectivity index (χ3v) is 6.19. The van der Waals surface area contributed by atoms with E-state index in [2.05, 4.69) is 13.8 Å². The molecule has 0 saturated heterocycles. The molecule has 0 fully saturated rings. The van der Waals surface area contributed by atoms with Gasteiger partial charge in [-0.25, -0.2) is 9.18 Å². The number of esters is 1. The summed E-state index contributed by atoms with van der Waals surface area (Å²) < 4.78 is 30.9. The minimum Gasteiger partial charge on any atom is -0.494 e. The molecular formula is C31H45FO4. The third-order valence-electron chi connectivity index (χ3n) is 6.19. The quantitative estimate of drug-likeness (QED) is 0.103. The zero-order valence-electron chi connectivity index (χ0n) is 22.3. The maximum Gasteiger partial charge on any atom is 0.343 e. The van der Waals surface area contributed by atoms with Crippen molar-refractivity contribution in [3.05, 3.63) is 54.1 Å². The minimum atomic E-state index is -0.974. The van der Waals surface area contributed by atoms with E-state index in [4.69, 9.17) is 14.2 Å². The van der Waals surface area contributed by atoms with Crippen molar-refractivity contribution < 1.29 is 23.4 Å². The van der Waals surface area contributed by atoms with E-state index in [9.17, 15) is 9.18 Å². The first-order valence-electron chi connectivity index (χ1n) is 13.9. The summed E-state index contributed by atoms with van der Waals surface area (Å²) in [7, 11) is 0. The number of hydrogen-bond acceptors (Lipinski definition) is 4. The smallest absolute Gasteiger partial charge is 0.343 e. The zero-order chi connectivity index (χ0) is 25.8. The fourth-order valence-electron chi connectivity index (χ4n) is 3.95. The topological polar surface area (TPSA) is 44.8 Å². The first-order valence-corrected chi connectivity index (χ1v) is 13.9. The normalized spacial score (nSPS) is 11.8. The van der Waals surface area contributed by atoms with E-state index >= 15 is 0 Å². The van der Waals surface area contributed by atoms with Crippen LogP contribution in [0.3, 0.4) is 0 Å². The van der Waals surface area contributed by atoms with Gasteiger partial charge in [0.05, 0.1) is 12.2 Å². The van der Waals surface area contributed by atoms with Gasteiger partial charge in [0.1, 0.15) is 30.0 Å². The zero-order valence-corrected chi connectivity index (χ0v) is 22.3. The average Bonchev–Trinajstić information content (AvgIpc) is 2.90. The van der Waals surface area contributed by atoms with E-state index in [0.29, 0.717) is 30.1 Å². The Kier molecular flexibility index (Phi) is 15.4. The van der Waals surface area contributed by atoms with Gasteiger partial charge in [0.15, 0.2) is 0 Å². The van der Waals surface area contributed by atoms with Crippen LogP contribution in [0.1, 0.15) is 108 Å². The predicted molar refractivity (Wildman–Crippen MR) is 145 cm³/mol. The lowest BCUT2D eigenvalue weighted by atomic mass is 10.1. The van der Waals surface area contributed by atoms with Crippen molar-refractivity contribution >= 4 is 5.97 Å². The second-order valence-electron chi connectivity index (χ2n) is 9.47. The molecule has 0 radical (unpaired) electrons. The lowest BCUT2D eigenvalue weighted by molar-refractivity contribution is 0.0734. The SMILES string of the molecule is CCCCCCCCOc1ccc(OC(=O)c2ccc(OCC(F)CCCCCCCC)cc2)cc1. The molecule has 36 heavy (non-hydrogen) atoms. The van der Waals surface area contributed by atoms with Gasteiger partial charge in [0, 0.05) is 0 Å². The second-order valence-corrected chi connectivity index (χ2v) is 9.47. The van der Waals surface area contributed by atoms with Crippen LogP contribution in [-0.2, 0) is 0 Å². The van der Waals surface area contributed by atoms with Crippen LogP contribution < -0.4 is 14.2 Å². The maximum atomic E-state index is 14.1. The lowest BCUT2D eigenvalue weighted by Gasteiger charge is -2.11. The number of unbranched alkanes of at least 4 members (excludes halogenated alkanes) is 10. The molecular weight excluding hydrogens is 455 g/mol. The van der Waals surface area contributed by atoms with Gasteiger partial charge in [0.25, 0.3) is 0 Å². The first-order chi connectivity index (χ1) is 17.6. The Morgan fingerprint density at radius 3 is 1.81 bits per heavy atom. The highest BCUT2D eigenvalue weighted by atomic mass is 19.1. The predicted octanol–water partition coefficient (Wildman–Crippen LogP) is 9.11. The third kappa shape index (κ3) is 12.9. The van der Waals surface area contributed by atoms with Crippen LogP contribution in [0, 0.1) is 0 Å². The summed E-state index contributed by atoms with van der Waals surface area (Å²) in [5, 5.41) is 0. The number of hydrogen-bond donors (Lipinski definition) is 0. The molecule has 5 heteroatoms. The number of ether oxygens (including phenoxy) is 3. The van der Waals surface area contributed by atoms with Gasteiger partial charge >= 0.3 is 5.97 Å². The summed E-state index contributed by atoms with van der Waals surface area (Å²) in [5.41, 5.74) is 0.412. The molecule has 0 heterocycles. The summed E-state index contributed by atoms with van der Waals surface area (Å²) >= 11 is 0. The number of benzene rings is 2. The highest BCUT2D eigenvalue weighted by molar-refractivity contribution is 5.91. The van der Waals surface area contributed by atoms with Gasteiger partial charge in [-0.15, -0.1) is 0 Å². The fourth-order valence-corrected chi connectivity index (χ4v) is 3.95. The molecule has 2 rings (SSSR count). The summed E-state index contributed by atoms with van der Waals surface area (Å²) in [5.74, 6) is 1.33. The van der Waals surface area contributed by atoms with E-state index in [-0.39, 0.29) is 6.61 Å². The molecule has 0 aliphatic rings. The first kappa shape index (κ1) is 29.7.